The molecule has 0 aromatic carbocycles. The Balaban J connectivity index is 2.54. The average molecular weight is 144 g/mol. The van der Waals surface area contributed by atoms with Crippen LogP contribution in [0.2, 0.25) is 0 Å². The van der Waals surface area contributed by atoms with Crippen LogP contribution >= 0.6 is 23.5 Å². The summed E-state index contributed by atoms with van der Waals surface area (Å²) in [5, 5.41) is 0. The lowest BCUT2D eigenvalue weighted by molar-refractivity contribution is 1.22. The van der Waals surface area contributed by atoms with Gasteiger partial charge in [0, 0.05) is 11.5 Å². The molecule has 0 saturated heterocycles. The molecule has 1 aromatic rings. The van der Waals surface area contributed by atoms with Crippen molar-refractivity contribution in [3.8, 4) is 0 Å². The first kappa shape index (κ1) is 4.76. The number of fused-ring (bicyclic) bond motifs is 1. The van der Waals surface area contributed by atoms with Crippen molar-refractivity contribution >= 4 is 23.5 Å². The molecular weight excluding hydrogens is 140 g/mol. The molecule has 8 heavy (non-hydrogen) atoms. The van der Waals surface area contributed by atoms with Crippen LogP contribution in [-0.2, 0) is 11.5 Å². The van der Waals surface area contributed by atoms with Gasteiger partial charge >= 0.3 is 0 Å². The van der Waals surface area contributed by atoms with Crippen molar-refractivity contribution in [3.63, 3.8) is 0 Å². The van der Waals surface area contributed by atoms with Gasteiger partial charge in [-0.25, -0.2) is 0 Å². The van der Waals surface area contributed by atoms with E-state index in [1.165, 1.54) is 23.1 Å². The second-order valence-electron chi connectivity index (χ2n) is 1.65. The van der Waals surface area contributed by atoms with Gasteiger partial charge in [-0.3, -0.25) is 0 Å². The third-order valence-electron chi connectivity index (χ3n) is 1.11. The predicted molar refractivity (Wildman–Crippen MR) is 34.9 cm³/mol. The predicted octanol–water partition coefficient (Wildman–Crippen LogP) is 1.28. The van der Waals surface area contributed by atoms with Gasteiger partial charge in [-0.2, -0.15) is 8.75 Å². The summed E-state index contributed by atoms with van der Waals surface area (Å²) in [5.74, 6) is 2.15. The molecule has 42 valence electrons. The number of aromatic nitrogens is 2. The first-order valence-electron chi connectivity index (χ1n) is 2.35. The summed E-state index contributed by atoms with van der Waals surface area (Å²) in [5.41, 5.74) is 2.42. The maximum atomic E-state index is 4.11. The third-order valence-corrected chi connectivity index (χ3v) is 2.67. The minimum Gasteiger partial charge on any atom is -0.177 e. The van der Waals surface area contributed by atoms with E-state index in [1.54, 1.807) is 0 Å². The van der Waals surface area contributed by atoms with Gasteiger partial charge in [0.05, 0.1) is 23.1 Å². The lowest BCUT2D eigenvalue weighted by atomic mass is 10.4. The fraction of sp³-hybridized carbons (Fsp3) is 0.500. The van der Waals surface area contributed by atoms with Gasteiger partial charge in [-0.05, 0) is 0 Å². The minimum atomic E-state index is 1.08. The molecule has 0 unspecified atom stereocenters. The average Bonchev–Trinajstić information content (AvgIpc) is 2.15. The van der Waals surface area contributed by atoms with Gasteiger partial charge < -0.3 is 0 Å². The molecule has 0 amide bonds. The van der Waals surface area contributed by atoms with E-state index in [1.807, 2.05) is 11.8 Å². The summed E-state index contributed by atoms with van der Waals surface area (Å²) in [6.45, 7) is 0. The SMILES string of the molecule is C1SCc2nsnc21. The summed E-state index contributed by atoms with van der Waals surface area (Å²) in [6, 6.07) is 0. The second kappa shape index (κ2) is 1.70. The van der Waals surface area contributed by atoms with Crippen molar-refractivity contribution in [2.45, 2.75) is 11.5 Å². The standard InChI is InChI=1S/C4H4N2S2/c1-3-4(2-7-1)6-8-5-3/h1-2H2. The third kappa shape index (κ3) is 0.563. The highest BCUT2D eigenvalue weighted by molar-refractivity contribution is 7.98. The van der Waals surface area contributed by atoms with Crippen molar-refractivity contribution in [1.82, 2.24) is 8.75 Å². The van der Waals surface area contributed by atoms with Crippen molar-refractivity contribution in [1.29, 1.82) is 0 Å². The van der Waals surface area contributed by atoms with Gasteiger partial charge in [-0.15, -0.1) is 11.8 Å². The van der Waals surface area contributed by atoms with E-state index in [2.05, 4.69) is 8.75 Å². The second-order valence-corrected chi connectivity index (χ2v) is 3.16. The molecular formula is C4H4N2S2. The van der Waals surface area contributed by atoms with Crippen LogP contribution in [0.25, 0.3) is 0 Å². The van der Waals surface area contributed by atoms with Crippen LogP contribution in [0, 0.1) is 0 Å². The van der Waals surface area contributed by atoms with Crippen LogP contribution in [-0.4, -0.2) is 8.75 Å². The highest BCUT2D eigenvalue weighted by Crippen LogP contribution is 2.27. The van der Waals surface area contributed by atoms with Gasteiger partial charge in [0.1, 0.15) is 0 Å². The van der Waals surface area contributed by atoms with Gasteiger partial charge in [0.2, 0.25) is 0 Å². The first-order valence-corrected chi connectivity index (χ1v) is 4.23. The van der Waals surface area contributed by atoms with Crippen LogP contribution in [0.3, 0.4) is 0 Å². The Morgan fingerprint density at radius 1 is 1.12 bits per heavy atom. The Hall–Kier alpha value is -0.0900. The Morgan fingerprint density at radius 3 is 2.38 bits per heavy atom. The molecule has 2 nitrogen and oxygen atoms in total. The monoisotopic (exact) mass is 144 g/mol. The molecule has 0 aliphatic carbocycles. The molecule has 0 radical (unpaired) electrons. The van der Waals surface area contributed by atoms with Crippen molar-refractivity contribution in [2.75, 3.05) is 0 Å². The Labute approximate surface area is 55.6 Å². The molecule has 1 aromatic heterocycles. The molecule has 0 N–H and O–H groups in total. The largest absolute Gasteiger partial charge is 0.177 e. The lowest BCUT2D eigenvalue weighted by Gasteiger charge is -1.75. The van der Waals surface area contributed by atoms with Gasteiger partial charge in [-0.1, -0.05) is 0 Å². The Morgan fingerprint density at radius 2 is 1.75 bits per heavy atom. The van der Waals surface area contributed by atoms with E-state index >= 15 is 0 Å². The van der Waals surface area contributed by atoms with E-state index in [0.29, 0.717) is 0 Å². The summed E-state index contributed by atoms with van der Waals surface area (Å²) in [7, 11) is 0. The van der Waals surface area contributed by atoms with E-state index in [4.69, 9.17) is 0 Å². The zero-order chi connectivity index (χ0) is 5.40. The summed E-state index contributed by atoms with van der Waals surface area (Å²) in [6.07, 6.45) is 0. The molecule has 0 saturated carbocycles. The number of hydrogen-bond donors (Lipinski definition) is 0. The molecule has 4 heteroatoms. The van der Waals surface area contributed by atoms with Crippen LogP contribution in [0.15, 0.2) is 0 Å². The zero-order valence-corrected chi connectivity index (χ0v) is 5.76. The maximum Gasteiger partial charge on any atom is 0.0882 e. The minimum absolute atomic E-state index is 1.08. The summed E-state index contributed by atoms with van der Waals surface area (Å²) in [4.78, 5) is 0. The van der Waals surface area contributed by atoms with Crippen molar-refractivity contribution in [2.24, 2.45) is 0 Å². The fourth-order valence-corrected chi connectivity index (χ4v) is 2.38. The Bertz CT molecular complexity index is 177. The summed E-state index contributed by atoms with van der Waals surface area (Å²) < 4.78 is 8.21. The molecule has 2 rings (SSSR count). The van der Waals surface area contributed by atoms with Crippen molar-refractivity contribution < 1.29 is 0 Å². The van der Waals surface area contributed by atoms with Gasteiger partial charge in [0.15, 0.2) is 0 Å². The topological polar surface area (TPSA) is 25.8 Å². The maximum absolute atomic E-state index is 4.11. The first-order chi connectivity index (χ1) is 3.97. The molecule has 1 aliphatic heterocycles. The van der Waals surface area contributed by atoms with E-state index < -0.39 is 0 Å². The molecule has 2 heterocycles. The molecule has 0 fully saturated rings. The van der Waals surface area contributed by atoms with Crippen LogP contribution in [0.4, 0.5) is 0 Å². The molecule has 0 bridgehead atoms. The normalized spacial score (nSPS) is 16.5. The number of hydrogen-bond acceptors (Lipinski definition) is 4. The Kier molecular flexibility index (Phi) is 1.01. The number of rotatable bonds is 0. The van der Waals surface area contributed by atoms with Crippen LogP contribution in [0.1, 0.15) is 11.4 Å². The van der Waals surface area contributed by atoms with E-state index in [0.717, 1.165) is 11.5 Å². The highest BCUT2D eigenvalue weighted by Gasteiger charge is 2.13. The van der Waals surface area contributed by atoms with Crippen LogP contribution in [0.5, 0.6) is 0 Å². The highest BCUT2D eigenvalue weighted by atomic mass is 32.2. The molecule has 0 atom stereocenters. The lowest BCUT2D eigenvalue weighted by Crippen LogP contribution is -1.74. The number of nitrogens with zero attached hydrogens (tertiary/aromatic N) is 2. The van der Waals surface area contributed by atoms with Gasteiger partial charge in [0.25, 0.3) is 0 Å². The number of thioether (sulfide) groups is 1. The fourth-order valence-electron chi connectivity index (χ4n) is 0.688. The van der Waals surface area contributed by atoms with Crippen molar-refractivity contribution in [3.05, 3.63) is 11.4 Å². The quantitative estimate of drug-likeness (QED) is 0.548. The summed E-state index contributed by atoms with van der Waals surface area (Å²) >= 11 is 3.22. The van der Waals surface area contributed by atoms with Crippen LogP contribution < -0.4 is 0 Å². The zero-order valence-electron chi connectivity index (χ0n) is 4.13. The van der Waals surface area contributed by atoms with E-state index in [-0.39, 0.29) is 0 Å². The molecule has 0 spiro atoms. The van der Waals surface area contributed by atoms with E-state index in [9.17, 15) is 0 Å². The molecule has 1 aliphatic rings. The smallest absolute Gasteiger partial charge is 0.0882 e.